The van der Waals surface area contributed by atoms with Gasteiger partial charge in [0.1, 0.15) is 5.82 Å². The second kappa shape index (κ2) is 4.67. The number of para-hydroxylation sites is 1. The highest BCUT2D eigenvalue weighted by Gasteiger charge is 2.17. The van der Waals surface area contributed by atoms with Crippen LogP contribution in [0.5, 0.6) is 0 Å². The van der Waals surface area contributed by atoms with Crippen molar-refractivity contribution in [2.75, 3.05) is 5.32 Å². The summed E-state index contributed by atoms with van der Waals surface area (Å²) in [6, 6.07) is 18.4. The molecule has 0 atom stereocenters. The zero-order valence-corrected chi connectivity index (χ0v) is 12.1. The lowest BCUT2D eigenvalue weighted by Gasteiger charge is -2.23. The molecule has 0 spiro atoms. The number of anilines is 1. The molecule has 0 aliphatic rings. The smallest absolute Gasteiger partial charge is 0.138 e. The van der Waals surface area contributed by atoms with E-state index in [-0.39, 0.29) is 5.54 Å². The molecule has 0 fully saturated rings. The maximum Gasteiger partial charge on any atom is 0.138 e. The summed E-state index contributed by atoms with van der Waals surface area (Å²) in [7, 11) is 0. The lowest BCUT2D eigenvalue weighted by Crippen LogP contribution is -2.27. The molecule has 0 amide bonds. The van der Waals surface area contributed by atoms with Crippen LogP contribution in [0.2, 0.25) is 0 Å². The Morgan fingerprint density at radius 1 is 0.900 bits per heavy atom. The zero-order valence-electron chi connectivity index (χ0n) is 12.1. The summed E-state index contributed by atoms with van der Waals surface area (Å²) in [4.78, 5) is 0. The molecule has 1 N–H and O–H groups in total. The van der Waals surface area contributed by atoms with Gasteiger partial charge in [0, 0.05) is 10.9 Å². The number of nitrogens with one attached hydrogen (secondary N) is 1. The lowest BCUT2D eigenvalue weighted by molar-refractivity contribution is 0.625. The van der Waals surface area contributed by atoms with Crippen LogP contribution in [-0.2, 0) is 0 Å². The maximum absolute atomic E-state index is 4.72. The van der Waals surface area contributed by atoms with Crippen LogP contribution in [0.15, 0.2) is 54.6 Å². The van der Waals surface area contributed by atoms with Crippen molar-refractivity contribution >= 4 is 16.7 Å². The molecule has 0 radical (unpaired) electrons. The zero-order chi connectivity index (χ0) is 14.2. The van der Waals surface area contributed by atoms with Crippen LogP contribution in [0.3, 0.4) is 0 Å². The summed E-state index contributed by atoms with van der Waals surface area (Å²) < 4.78 is 1.98. The molecule has 1 heterocycles. The summed E-state index contributed by atoms with van der Waals surface area (Å²) in [6.45, 7) is 6.47. The van der Waals surface area contributed by atoms with Gasteiger partial charge in [0.05, 0.1) is 11.2 Å². The van der Waals surface area contributed by atoms with Gasteiger partial charge in [0.25, 0.3) is 0 Å². The summed E-state index contributed by atoms with van der Waals surface area (Å²) in [5, 5.41) is 9.44. The van der Waals surface area contributed by atoms with Crippen molar-refractivity contribution < 1.29 is 0 Å². The minimum Gasteiger partial charge on any atom is -0.365 e. The topological polar surface area (TPSA) is 29.9 Å². The van der Waals surface area contributed by atoms with E-state index >= 15 is 0 Å². The van der Waals surface area contributed by atoms with Crippen LogP contribution >= 0.6 is 0 Å². The predicted octanol–water partition coefficient (Wildman–Crippen LogP) is 4.24. The standard InChI is InChI=1S/C17H19N3/c1-17(2,3)18-16-14-11-7-8-12-15(14)19-20(16)13-9-5-4-6-10-13/h4-12,18H,1-3H3. The normalized spacial score (nSPS) is 11.8. The number of hydrogen-bond acceptors (Lipinski definition) is 2. The van der Waals surface area contributed by atoms with Gasteiger partial charge in [-0.1, -0.05) is 30.3 Å². The fourth-order valence-electron chi connectivity index (χ4n) is 2.26. The highest BCUT2D eigenvalue weighted by molar-refractivity contribution is 5.91. The van der Waals surface area contributed by atoms with E-state index in [9.17, 15) is 0 Å². The average molecular weight is 265 g/mol. The Hall–Kier alpha value is -2.29. The van der Waals surface area contributed by atoms with E-state index in [2.05, 4.69) is 44.3 Å². The maximum atomic E-state index is 4.72. The number of rotatable bonds is 2. The molecule has 1 aromatic heterocycles. The SMILES string of the molecule is CC(C)(C)Nc1c2ccccc2nn1-c1ccccc1. The van der Waals surface area contributed by atoms with E-state index in [0.29, 0.717) is 0 Å². The van der Waals surface area contributed by atoms with Gasteiger partial charge in [-0.25, -0.2) is 4.68 Å². The molecule has 0 saturated heterocycles. The number of hydrogen-bond donors (Lipinski definition) is 1. The first-order valence-electron chi connectivity index (χ1n) is 6.86. The predicted molar refractivity (Wildman–Crippen MR) is 84.4 cm³/mol. The van der Waals surface area contributed by atoms with Gasteiger partial charge >= 0.3 is 0 Å². The second-order valence-electron chi connectivity index (χ2n) is 5.99. The molecule has 0 aliphatic carbocycles. The fraction of sp³-hybridized carbons (Fsp3) is 0.235. The second-order valence-corrected chi connectivity index (χ2v) is 5.99. The number of fused-ring (bicyclic) bond motifs is 1. The van der Waals surface area contributed by atoms with Crippen LogP contribution in [-0.4, -0.2) is 15.3 Å². The van der Waals surface area contributed by atoms with Crippen LogP contribution in [0, 0.1) is 0 Å². The van der Waals surface area contributed by atoms with Crippen molar-refractivity contribution in [3.63, 3.8) is 0 Å². The Morgan fingerprint density at radius 2 is 1.55 bits per heavy atom. The summed E-state index contributed by atoms with van der Waals surface area (Å²) in [5.74, 6) is 1.04. The van der Waals surface area contributed by atoms with E-state index < -0.39 is 0 Å². The third-order valence-corrected chi connectivity index (χ3v) is 3.07. The first-order valence-corrected chi connectivity index (χ1v) is 6.86. The number of nitrogens with zero attached hydrogens (tertiary/aromatic N) is 2. The van der Waals surface area contributed by atoms with Crippen LogP contribution < -0.4 is 5.32 Å². The minimum absolute atomic E-state index is 0.0185. The van der Waals surface area contributed by atoms with Gasteiger partial charge < -0.3 is 5.32 Å². The van der Waals surface area contributed by atoms with Gasteiger partial charge in [-0.3, -0.25) is 0 Å². The Labute approximate surface area is 119 Å². The molecule has 3 nitrogen and oxygen atoms in total. The Balaban J connectivity index is 2.23. The van der Waals surface area contributed by atoms with Crippen molar-refractivity contribution in [3.8, 4) is 5.69 Å². The first-order chi connectivity index (χ1) is 9.54. The van der Waals surface area contributed by atoms with Crippen molar-refractivity contribution in [3.05, 3.63) is 54.6 Å². The molecule has 0 bridgehead atoms. The van der Waals surface area contributed by atoms with Gasteiger partial charge in [0.2, 0.25) is 0 Å². The molecule has 3 aromatic rings. The largest absolute Gasteiger partial charge is 0.365 e. The quantitative estimate of drug-likeness (QED) is 0.751. The van der Waals surface area contributed by atoms with Gasteiger partial charge in [0.15, 0.2) is 0 Å². The molecule has 102 valence electrons. The first kappa shape index (κ1) is 12.7. The molecule has 3 rings (SSSR count). The molecule has 2 aromatic carbocycles. The fourth-order valence-corrected chi connectivity index (χ4v) is 2.26. The highest BCUT2D eigenvalue weighted by atomic mass is 15.3. The van der Waals surface area contributed by atoms with E-state index in [1.54, 1.807) is 0 Å². The summed E-state index contributed by atoms with van der Waals surface area (Å²) in [5.41, 5.74) is 2.05. The van der Waals surface area contributed by atoms with Crippen molar-refractivity contribution in [2.24, 2.45) is 0 Å². The van der Waals surface area contributed by atoms with Crippen molar-refractivity contribution in [2.45, 2.75) is 26.3 Å². The monoisotopic (exact) mass is 265 g/mol. The van der Waals surface area contributed by atoms with Crippen molar-refractivity contribution in [1.82, 2.24) is 9.78 Å². The van der Waals surface area contributed by atoms with E-state index in [4.69, 9.17) is 5.10 Å². The number of benzene rings is 2. The Kier molecular flexibility index (Phi) is 2.97. The van der Waals surface area contributed by atoms with E-state index in [0.717, 1.165) is 22.4 Å². The highest BCUT2D eigenvalue weighted by Crippen LogP contribution is 2.28. The Morgan fingerprint density at radius 3 is 2.25 bits per heavy atom. The molecule has 3 heteroatoms. The third kappa shape index (κ3) is 2.39. The molecule has 0 unspecified atom stereocenters. The summed E-state index contributed by atoms with van der Waals surface area (Å²) in [6.07, 6.45) is 0. The Bertz CT molecular complexity index is 721. The molecule has 0 saturated carbocycles. The lowest BCUT2D eigenvalue weighted by atomic mass is 10.1. The molecular weight excluding hydrogens is 246 g/mol. The van der Waals surface area contributed by atoms with E-state index in [1.807, 2.05) is 41.1 Å². The summed E-state index contributed by atoms with van der Waals surface area (Å²) >= 11 is 0. The minimum atomic E-state index is -0.0185. The third-order valence-electron chi connectivity index (χ3n) is 3.07. The van der Waals surface area contributed by atoms with Crippen LogP contribution in [0.25, 0.3) is 16.6 Å². The molecular formula is C17H19N3. The average Bonchev–Trinajstić information content (AvgIpc) is 2.77. The van der Waals surface area contributed by atoms with Gasteiger partial charge in [-0.15, -0.1) is 0 Å². The van der Waals surface area contributed by atoms with Crippen molar-refractivity contribution in [1.29, 1.82) is 0 Å². The number of aromatic nitrogens is 2. The van der Waals surface area contributed by atoms with Gasteiger partial charge in [-0.05, 0) is 45.0 Å². The van der Waals surface area contributed by atoms with E-state index in [1.165, 1.54) is 0 Å². The van der Waals surface area contributed by atoms with Gasteiger partial charge in [-0.2, -0.15) is 5.10 Å². The van der Waals surface area contributed by atoms with Crippen LogP contribution in [0.1, 0.15) is 20.8 Å². The molecule has 20 heavy (non-hydrogen) atoms. The molecule has 0 aliphatic heterocycles. The van der Waals surface area contributed by atoms with Crippen LogP contribution in [0.4, 0.5) is 5.82 Å².